The first-order chi connectivity index (χ1) is 13.0. The van der Waals surface area contributed by atoms with Crippen molar-refractivity contribution in [1.82, 2.24) is 0 Å². The van der Waals surface area contributed by atoms with Gasteiger partial charge in [-0.05, 0) is 38.0 Å². The van der Waals surface area contributed by atoms with Gasteiger partial charge < -0.3 is 20.4 Å². The maximum absolute atomic E-state index is 10.4. The third kappa shape index (κ3) is 10.1. The molecule has 4 N–H and O–H groups in total. The molecule has 0 radical (unpaired) electrons. The van der Waals surface area contributed by atoms with Crippen LogP contribution in [0, 0.1) is 11.8 Å². The van der Waals surface area contributed by atoms with Gasteiger partial charge in [0.2, 0.25) is 0 Å². The highest BCUT2D eigenvalue weighted by Gasteiger charge is 2.39. The molecule has 0 aromatic heterocycles. The van der Waals surface area contributed by atoms with E-state index in [9.17, 15) is 20.1 Å². The van der Waals surface area contributed by atoms with Gasteiger partial charge in [0.15, 0.2) is 0 Å². The molecule has 1 fully saturated rings. The van der Waals surface area contributed by atoms with E-state index >= 15 is 0 Å². The molecule has 0 aromatic rings. The van der Waals surface area contributed by atoms with Crippen molar-refractivity contribution in [2.45, 2.75) is 95.9 Å². The molecule has 0 unspecified atom stereocenters. The Labute approximate surface area is 163 Å². The highest BCUT2D eigenvalue weighted by molar-refractivity contribution is 5.66. The number of aliphatic carboxylic acids is 1. The first-order valence-corrected chi connectivity index (χ1v) is 10.5. The quantitative estimate of drug-likeness (QED) is 0.270. The van der Waals surface area contributed by atoms with E-state index in [0.717, 1.165) is 44.9 Å². The number of unbranched alkanes of at least 4 members (excludes halogenated alkanes) is 5. The van der Waals surface area contributed by atoms with E-state index in [2.05, 4.69) is 6.92 Å². The lowest BCUT2D eigenvalue weighted by Gasteiger charge is -2.21. The number of aliphatic hydroxyl groups is 3. The Morgan fingerprint density at radius 2 is 1.85 bits per heavy atom. The van der Waals surface area contributed by atoms with Crippen molar-refractivity contribution in [2.24, 2.45) is 11.8 Å². The number of carboxylic acids is 1. The lowest BCUT2D eigenvalue weighted by atomic mass is 9.88. The number of hydrogen-bond acceptors (Lipinski definition) is 4. The average molecular weight is 383 g/mol. The Kier molecular flexibility index (Phi) is 12.3. The molecule has 0 amide bonds. The van der Waals surface area contributed by atoms with E-state index < -0.39 is 24.3 Å². The summed E-state index contributed by atoms with van der Waals surface area (Å²) in [6.07, 6.45) is 14.9. The highest BCUT2D eigenvalue weighted by atomic mass is 16.4. The van der Waals surface area contributed by atoms with Crippen molar-refractivity contribution in [3.05, 3.63) is 24.3 Å². The number of carboxylic acid groups (broad SMARTS) is 1. The van der Waals surface area contributed by atoms with Gasteiger partial charge in [0.1, 0.15) is 0 Å². The normalized spacial score (nSPS) is 27.0. The Balaban J connectivity index is 2.30. The predicted molar refractivity (Wildman–Crippen MR) is 107 cm³/mol. The monoisotopic (exact) mass is 382 g/mol. The zero-order chi connectivity index (χ0) is 20.1. The fourth-order valence-electron chi connectivity index (χ4n) is 3.81. The first kappa shape index (κ1) is 23.9. The van der Waals surface area contributed by atoms with Crippen LogP contribution in [0.5, 0.6) is 0 Å². The maximum Gasteiger partial charge on any atom is 0.303 e. The molecule has 1 aliphatic carbocycles. The van der Waals surface area contributed by atoms with Gasteiger partial charge in [-0.15, -0.1) is 0 Å². The second-order valence-electron chi connectivity index (χ2n) is 7.76. The van der Waals surface area contributed by atoms with Crippen LogP contribution in [-0.4, -0.2) is 44.7 Å². The van der Waals surface area contributed by atoms with Crippen LogP contribution in [0.4, 0.5) is 0 Å². The summed E-state index contributed by atoms with van der Waals surface area (Å²) in [4.78, 5) is 10.4. The van der Waals surface area contributed by atoms with Crippen molar-refractivity contribution in [3.63, 3.8) is 0 Å². The minimum absolute atomic E-state index is 0.0790. The molecule has 5 nitrogen and oxygen atoms in total. The van der Waals surface area contributed by atoms with Crippen molar-refractivity contribution in [1.29, 1.82) is 0 Å². The number of rotatable bonds is 14. The molecular formula is C22H38O5. The van der Waals surface area contributed by atoms with Gasteiger partial charge in [-0.1, -0.05) is 56.9 Å². The molecule has 1 aliphatic rings. The van der Waals surface area contributed by atoms with Crippen LogP contribution >= 0.6 is 0 Å². The topological polar surface area (TPSA) is 98.0 Å². The molecule has 1 saturated carbocycles. The van der Waals surface area contributed by atoms with Crippen LogP contribution in [0.3, 0.4) is 0 Å². The summed E-state index contributed by atoms with van der Waals surface area (Å²) < 4.78 is 0. The molecule has 0 aromatic carbocycles. The fourth-order valence-corrected chi connectivity index (χ4v) is 3.81. The number of carbonyl (C=O) groups is 1. The second kappa shape index (κ2) is 13.9. The highest BCUT2D eigenvalue weighted by Crippen LogP contribution is 2.37. The summed E-state index contributed by atoms with van der Waals surface area (Å²) in [6.45, 7) is 2.15. The van der Waals surface area contributed by atoms with Gasteiger partial charge in [0.05, 0.1) is 18.3 Å². The summed E-state index contributed by atoms with van der Waals surface area (Å²) >= 11 is 0. The first-order valence-electron chi connectivity index (χ1n) is 10.5. The zero-order valence-electron chi connectivity index (χ0n) is 16.7. The number of allylic oxidation sites excluding steroid dienone is 1. The van der Waals surface area contributed by atoms with Crippen LogP contribution in [0.1, 0.15) is 77.6 Å². The van der Waals surface area contributed by atoms with Crippen molar-refractivity contribution >= 4 is 5.97 Å². The fraction of sp³-hybridized carbons (Fsp3) is 0.773. The molecule has 5 atom stereocenters. The Morgan fingerprint density at radius 1 is 1.07 bits per heavy atom. The molecule has 5 heteroatoms. The van der Waals surface area contributed by atoms with E-state index in [-0.39, 0.29) is 18.3 Å². The zero-order valence-corrected chi connectivity index (χ0v) is 16.7. The molecule has 0 heterocycles. The van der Waals surface area contributed by atoms with E-state index in [4.69, 9.17) is 5.11 Å². The van der Waals surface area contributed by atoms with Crippen molar-refractivity contribution in [3.8, 4) is 0 Å². The molecule has 27 heavy (non-hydrogen) atoms. The molecule has 0 aliphatic heterocycles. The van der Waals surface area contributed by atoms with Gasteiger partial charge >= 0.3 is 5.97 Å². The summed E-state index contributed by atoms with van der Waals surface area (Å²) in [5, 5.41) is 39.1. The number of aliphatic hydroxyl groups excluding tert-OH is 3. The summed E-state index contributed by atoms with van der Waals surface area (Å²) in [6, 6.07) is 0. The standard InChI is InChI=1S/C22H38O5/c1-2-3-8-12-18-19(21(25)16-20(18)24)15-14-17(23)11-9-6-4-5-7-10-13-22(26)27/h6,9,14-15,17-21,23-25H,2-5,7-8,10-13,16H2,1H3,(H,26,27)/b9-6-,15-14+/t17-,18-,19+,20-,21+/m1/s1. The van der Waals surface area contributed by atoms with Crippen LogP contribution < -0.4 is 0 Å². The smallest absolute Gasteiger partial charge is 0.303 e. The number of hydrogen-bond donors (Lipinski definition) is 4. The molecular weight excluding hydrogens is 344 g/mol. The van der Waals surface area contributed by atoms with Gasteiger partial charge in [-0.25, -0.2) is 0 Å². The lowest BCUT2D eigenvalue weighted by molar-refractivity contribution is -0.137. The van der Waals surface area contributed by atoms with Crippen LogP contribution in [0.25, 0.3) is 0 Å². The molecule has 0 spiro atoms. The molecule has 1 rings (SSSR count). The largest absolute Gasteiger partial charge is 0.481 e. The lowest BCUT2D eigenvalue weighted by Crippen LogP contribution is -2.21. The molecule has 0 saturated heterocycles. The van der Waals surface area contributed by atoms with Crippen LogP contribution in [0.15, 0.2) is 24.3 Å². The van der Waals surface area contributed by atoms with Crippen LogP contribution in [0.2, 0.25) is 0 Å². The third-order valence-electron chi connectivity index (χ3n) is 5.42. The van der Waals surface area contributed by atoms with Crippen LogP contribution in [-0.2, 0) is 4.79 Å². The van der Waals surface area contributed by atoms with Gasteiger partial charge in [0, 0.05) is 18.8 Å². The summed E-state index contributed by atoms with van der Waals surface area (Å²) in [5.41, 5.74) is 0. The SMILES string of the molecule is CCCCC[C@@H]1[C@H](/C=C/[C@H](O)C/C=C\CCCCCC(=O)O)[C@@H](O)C[C@H]1O. The van der Waals surface area contributed by atoms with Crippen molar-refractivity contribution < 1.29 is 25.2 Å². The Morgan fingerprint density at radius 3 is 2.56 bits per heavy atom. The van der Waals surface area contributed by atoms with E-state index in [1.54, 1.807) is 6.08 Å². The minimum atomic E-state index is -0.743. The van der Waals surface area contributed by atoms with E-state index in [1.165, 1.54) is 0 Å². The van der Waals surface area contributed by atoms with Gasteiger partial charge in [-0.2, -0.15) is 0 Å². The summed E-state index contributed by atoms with van der Waals surface area (Å²) in [7, 11) is 0. The Hall–Kier alpha value is -1.17. The summed E-state index contributed by atoms with van der Waals surface area (Å²) in [5.74, 6) is -0.742. The van der Waals surface area contributed by atoms with E-state index in [1.807, 2.05) is 18.2 Å². The maximum atomic E-state index is 10.4. The minimum Gasteiger partial charge on any atom is -0.481 e. The van der Waals surface area contributed by atoms with Crippen molar-refractivity contribution in [2.75, 3.05) is 0 Å². The van der Waals surface area contributed by atoms with Gasteiger partial charge in [0.25, 0.3) is 0 Å². The Bertz CT molecular complexity index is 460. The predicted octanol–water partition coefficient (Wildman–Crippen LogP) is 3.82. The second-order valence-corrected chi connectivity index (χ2v) is 7.76. The average Bonchev–Trinajstić information content (AvgIpc) is 2.88. The van der Waals surface area contributed by atoms with Gasteiger partial charge in [-0.3, -0.25) is 4.79 Å². The molecule has 156 valence electrons. The molecule has 0 bridgehead atoms. The third-order valence-corrected chi connectivity index (χ3v) is 5.42. The van der Waals surface area contributed by atoms with E-state index in [0.29, 0.717) is 19.3 Å².